The van der Waals surface area contributed by atoms with Gasteiger partial charge in [0.2, 0.25) is 0 Å². The predicted octanol–water partition coefficient (Wildman–Crippen LogP) is 16.7. The highest BCUT2D eigenvalue weighted by molar-refractivity contribution is 5.91. The molecule has 0 saturated carbocycles. The van der Waals surface area contributed by atoms with Crippen molar-refractivity contribution < 1.29 is 9.47 Å². The van der Waals surface area contributed by atoms with Crippen LogP contribution in [0.15, 0.2) is 200 Å². The molecule has 0 N–H and O–H groups in total. The number of anilines is 3. The van der Waals surface area contributed by atoms with Crippen LogP contribution in [0.2, 0.25) is 0 Å². The highest BCUT2D eigenvalue weighted by atomic mass is 16.6. The second-order valence-electron chi connectivity index (χ2n) is 18.1. The predicted molar refractivity (Wildman–Crippen MR) is 259 cm³/mol. The third kappa shape index (κ3) is 5.80. The van der Waals surface area contributed by atoms with E-state index in [9.17, 15) is 0 Å². The van der Waals surface area contributed by atoms with Crippen LogP contribution in [0.1, 0.15) is 49.9 Å². The summed E-state index contributed by atoms with van der Waals surface area (Å²) in [5, 5.41) is 0. The molecule has 9 aromatic rings. The minimum absolute atomic E-state index is 0.0627. The molecule has 2 aliphatic carbocycles. The van der Waals surface area contributed by atoms with Crippen LogP contribution >= 0.6 is 0 Å². The van der Waals surface area contributed by atoms with Gasteiger partial charge in [0.05, 0.1) is 5.69 Å². The van der Waals surface area contributed by atoms with Crippen molar-refractivity contribution in [3.05, 3.63) is 222 Å². The number of nitrogens with zero attached hydrogens (tertiary/aromatic N) is 1. The van der Waals surface area contributed by atoms with E-state index >= 15 is 0 Å². The third-order valence-electron chi connectivity index (χ3n) is 13.7. The second kappa shape index (κ2) is 14.0. The molecule has 0 fully saturated rings. The van der Waals surface area contributed by atoms with Gasteiger partial charge in [-0.3, -0.25) is 0 Å². The Bertz CT molecular complexity index is 3290. The zero-order chi connectivity index (χ0) is 42.5. The second-order valence-corrected chi connectivity index (χ2v) is 18.1. The van der Waals surface area contributed by atoms with Crippen LogP contribution < -0.4 is 14.4 Å². The average Bonchev–Trinajstić information content (AvgIpc) is 3.69. The molecule has 1 aliphatic heterocycles. The quantitative estimate of drug-likeness (QED) is 0.167. The van der Waals surface area contributed by atoms with Crippen LogP contribution in [0.5, 0.6) is 23.0 Å². The van der Waals surface area contributed by atoms with Crippen LogP contribution in [0, 0.1) is 0 Å². The average molecular weight is 812 g/mol. The molecule has 3 nitrogen and oxygen atoms in total. The normalized spacial score (nSPS) is 14.2. The molecule has 0 aromatic heterocycles. The molecule has 0 atom stereocenters. The summed E-state index contributed by atoms with van der Waals surface area (Å²) in [5.74, 6) is 2.90. The molecular formula is C60H45NO2. The largest absolute Gasteiger partial charge is 0.449 e. The summed E-state index contributed by atoms with van der Waals surface area (Å²) in [5.41, 5.74) is 20.2. The van der Waals surface area contributed by atoms with Gasteiger partial charge in [-0.2, -0.15) is 0 Å². The van der Waals surface area contributed by atoms with Crippen LogP contribution in [-0.2, 0) is 10.8 Å². The van der Waals surface area contributed by atoms with E-state index in [0.717, 1.165) is 50.8 Å². The number of rotatable bonds is 6. The van der Waals surface area contributed by atoms with Crippen molar-refractivity contribution in [3.63, 3.8) is 0 Å². The van der Waals surface area contributed by atoms with E-state index in [-0.39, 0.29) is 10.8 Å². The highest BCUT2D eigenvalue weighted by Crippen LogP contribution is 2.57. The molecule has 9 aromatic carbocycles. The Morgan fingerprint density at radius 1 is 0.317 bits per heavy atom. The van der Waals surface area contributed by atoms with Gasteiger partial charge < -0.3 is 14.4 Å². The van der Waals surface area contributed by atoms with Gasteiger partial charge in [0.15, 0.2) is 23.0 Å². The smallest absolute Gasteiger partial charge is 0.177 e. The SMILES string of the molecule is CC1(C)c2ccccc2-c2ccc(-c3ccc(N(c4cccc(-c5cccc6c5Oc5cc7c(cc5O6)C(C)(C)c5ccccc5-7)c4)c4ccccc4-c4ccccc4)cc3)cc21. The van der Waals surface area contributed by atoms with Gasteiger partial charge >= 0.3 is 0 Å². The molecule has 0 bridgehead atoms. The van der Waals surface area contributed by atoms with Gasteiger partial charge in [-0.05, 0) is 121 Å². The molecule has 1 heterocycles. The molecule has 3 heteroatoms. The number of hydrogen-bond acceptors (Lipinski definition) is 3. The van der Waals surface area contributed by atoms with Crippen molar-refractivity contribution >= 4 is 17.1 Å². The van der Waals surface area contributed by atoms with Crippen LogP contribution in [0.4, 0.5) is 17.1 Å². The number of fused-ring (bicyclic) bond motifs is 8. The highest BCUT2D eigenvalue weighted by Gasteiger charge is 2.38. The van der Waals surface area contributed by atoms with Crippen LogP contribution in [0.3, 0.4) is 0 Å². The number of ether oxygens (including phenoxy) is 2. The van der Waals surface area contributed by atoms with E-state index in [1.165, 1.54) is 55.6 Å². The lowest BCUT2D eigenvalue weighted by Crippen LogP contribution is -2.15. The van der Waals surface area contributed by atoms with E-state index in [4.69, 9.17) is 9.47 Å². The number of benzene rings is 9. The zero-order valence-corrected chi connectivity index (χ0v) is 35.8. The maximum Gasteiger partial charge on any atom is 0.177 e. The van der Waals surface area contributed by atoms with Crippen molar-refractivity contribution in [2.45, 2.75) is 38.5 Å². The first-order valence-electron chi connectivity index (χ1n) is 21.9. The van der Waals surface area contributed by atoms with Crippen LogP contribution in [0.25, 0.3) is 55.6 Å². The monoisotopic (exact) mass is 811 g/mol. The molecule has 0 spiro atoms. The lowest BCUT2D eigenvalue weighted by molar-refractivity contribution is 0.360. The molecular weight excluding hydrogens is 767 g/mol. The number of hydrogen-bond donors (Lipinski definition) is 0. The topological polar surface area (TPSA) is 21.7 Å². The standard InChI is InChI=1S/C60H45NO2/c1-59(2)50-24-11-8-21-46(50)48-33-30-40(35-52(48)59)38-28-31-42(32-29-38)61(54-26-13-10-20-44(54)39-16-6-5-7-17-39)43-19-14-18-41(34-43)45-23-15-27-55-58(45)63-56-36-49-47-22-9-12-25-51(47)60(3,4)53(49)37-57(56)62-55/h5-37H,1-4H3. The Morgan fingerprint density at radius 2 is 0.889 bits per heavy atom. The molecule has 0 saturated heterocycles. The summed E-state index contributed by atoms with van der Waals surface area (Å²) in [6, 6.07) is 72.2. The van der Waals surface area contributed by atoms with E-state index in [0.29, 0.717) is 11.5 Å². The van der Waals surface area contributed by atoms with Gasteiger partial charge in [0.1, 0.15) is 0 Å². The minimum atomic E-state index is -0.135. The van der Waals surface area contributed by atoms with Crippen molar-refractivity contribution in [1.29, 1.82) is 0 Å². The van der Waals surface area contributed by atoms with E-state index in [2.05, 4.69) is 227 Å². The van der Waals surface area contributed by atoms with Crippen LogP contribution in [-0.4, -0.2) is 0 Å². The third-order valence-corrected chi connectivity index (χ3v) is 13.7. The Labute approximate surface area is 369 Å². The van der Waals surface area contributed by atoms with Gasteiger partial charge in [0, 0.05) is 33.3 Å². The Kier molecular flexibility index (Phi) is 8.23. The lowest BCUT2D eigenvalue weighted by Gasteiger charge is -2.29. The summed E-state index contributed by atoms with van der Waals surface area (Å²) in [6.45, 7) is 9.26. The Hall–Kier alpha value is -7.62. The van der Waals surface area contributed by atoms with Gasteiger partial charge in [-0.1, -0.05) is 173 Å². The van der Waals surface area contributed by atoms with E-state index in [1.807, 2.05) is 6.07 Å². The van der Waals surface area contributed by atoms with Crippen molar-refractivity contribution in [1.82, 2.24) is 0 Å². The molecule has 63 heavy (non-hydrogen) atoms. The fourth-order valence-corrected chi connectivity index (χ4v) is 10.5. The van der Waals surface area contributed by atoms with Gasteiger partial charge in [-0.15, -0.1) is 0 Å². The first kappa shape index (κ1) is 37.2. The lowest BCUT2D eigenvalue weighted by atomic mass is 9.81. The summed E-state index contributed by atoms with van der Waals surface area (Å²) >= 11 is 0. The summed E-state index contributed by atoms with van der Waals surface area (Å²) in [6.07, 6.45) is 0. The van der Waals surface area contributed by atoms with Crippen molar-refractivity contribution in [2.75, 3.05) is 4.90 Å². The molecule has 12 rings (SSSR count). The molecule has 3 aliphatic rings. The van der Waals surface area contributed by atoms with Crippen molar-refractivity contribution in [2.24, 2.45) is 0 Å². The molecule has 0 amide bonds. The zero-order valence-electron chi connectivity index (χ0n) is 35.8. The van der Waals surface area contributed by atoms with Gasteiger partial charge in [0.25, 0.3) is 0 Å². The summed E-state index contributed by atoms with van der Waals surface area (Å²) in [4.78, 5) is 2.38. The molecule has 302 valence electrons. The maximum absolute atomic E-state index is 6.89. The maximum atomic E-state index is 6.89. The minimum Gasteiger partial charge on any atom is -0.449 e. The van der Waals surface area contributed by atoms with E-state index < -0.39 is 0 Å². The fraction of sp³-hybridized carbons (Fsp3) is 0.100. The fourth-order valence-electron chi connectivity index (χ4n) is 10.5. The van der Waals surface area contributed by atoms with Crippen molar-refractivity contribution in [3.8, 4) is 78.6 Å². The van der Waals surface area contributed by atoms with E-state index in [1.54, 1.807) is 0 Å². The molecule has 0 unspecified atom stereocenters. The first-order valence-corrected chi connectivity index (χ1v) is 21.9. The van der Waals surface area contributed by atoms with Gasteiger partial charge in [-0.25, -0.2) is 0 Å². The first-order chi connectivity index (χ1) is 30.7. The summed E-state index contributed by atoms with van der Waals surface area (Å²) in [7, 11) is 0. The summed E-state index contributed by atoms with van der Waals surface area (Å²) < 4.78 is 13.6. The Balaban J connectivity index is 0.944. The Morgan fingerprint density at radius 3 is 1.65 bits per heavy atom. The molecule has 0 radical (unpaired) electrons. The number of para-hydroxylation sites is 2.